The molecule has 2 N–H and O–H groups in total. The molecule has 18 heavy (non-hydrogen) atoms. The van der Waals surface area contributed by atoms with Gasteiger partial charge in [-0.2, -0.15) is 13.2 Å². The Bertz CT molecular complexity index is 619. The third-order valence-electron chi connectivity index (χ3n) is 2.28. The van der Waals surface area contributed by atoms with Crippen LogP contribution < -0.4 is 0 Å². The fourth-order valence-electron chi connectivity index (χ4n) is 1.62. The summed E-state index contributed by atoms with van der Waals surface area (Å²) in [6, 6.07) is 3.42. The Hall–Kier alpha value is -2.25. The molecule has 0 saturated heterocycles. The second-order valence-electron chi connectivity index (χ2n) is 3.59. The number of carboxylic acids is 1. The van der Waals surface area contributed by atoms with Gasteiger partial charge in [-0.05, 0) is 12.1 Å². The number of imidazole rings is 1. The minimum atomic E-state index is -4.76. The average Bonchev–Trinajstić information content (AvgIpc) is 2.56. The van der Waals surface area contributed by atoms with Crippen molar-refractivity contribution < 1.29 is 28.2 Å². The molecule has 2 rings (SSSR count). The number of aliphatic carboxylic acids is 1. The number of benzene rings is 1. The highest BCUT2D eigenvalue weighted by molar-refractivity contribution is 5.80. The van der Waals surface area contributed by atoms with Gasteiger partial charge in [0.2, 0.25) is 5.82 Å². The highest BCUT2D eigenvalue weighted by Crippen LogP contribution is 2.32. The van der Waals surface area contributed by atoms with Crippen LogP contribution in [-0.2, 0) is 17.5 Å². The van der Waals surface area contributed by atoms with E-state index in [0.29, 0.717) is 4.57 Å². The van der Waals surface area contributed by atoms with Gasteiger partial charge < -0.3 is 14.8 Å². The number of hydrogen-bond donors (Lipinski definition) is 2. The molecule has 0 atom stereocenters. The van der Waals surface area contributed by atoms with E-state index in [9.17, 15) is 23.1 Å². The lowest BCUT2D eigenvalue weighted by atomic mass is 10.3. The molecule has 1 aromatic carbocycles. The maximum atomic E-state index is 12.7. The van der Waals surface area contributed by atoms with Crippen molar-refractivity contribution in [1.82, 2.24) is 9.55 Å². The van der Waals surface area contributed by atoms with E-state index in [0.717, 1.165) is 6.07 Å². The Kier molecular flexibility index (Phi) is 2.64. The molecular formula is C10H7F3N2O3. The quantitative estimate of drug-likeness (QED) is 0.863. The molecule has 0 unspecified atom stereocenters. The van der Waals surface area contributed by atoms with Gasteiger partial charge in [0.1, 0.15) is 12.3 Å². The first-order valence-electron chi connectivity index (χ1n) is 4.77. The van der Waals surface area contributed by atoms with Crippen molar-refractivity contribution in [3.8, 4) is 5.75 Å². The zero-order valence-corrected chi connectivity index (χ0v) is 8.77. The molecule has 0 aliphatic rings. The monoisotopic (exact) mass is 260 g/mol. The number of carboxylic acid groups (broad SMARTS) is 1. The predicted molar refractivity (Wildman–Crippen MR) is 54.0 cm³/mol. The first kappa shape index (κ1) is 12.2. The normalized spacial score (nSPS) is 11.9. The number of phenols is 1. The Labute approximate surface area is 98.1 Å². The van der Waals surface area contributed by atoms with E-state index in [1.165, 1.54) is 12.1 Å². The Morgan fingerprint density at radius 1 is 1.39 bits per heavy atom. The van der Waals surface area contributed by atoms with Gasteiger partial charge in [-0.25, -0.2) is 4.98 Å². The molecule has 0 aliphatic carbocycles. The van der Waals surface area contributed by atoms with E-state index in [1.807, 2.05) is 0 Å². The van der Waals surface area contributed by atoms with Crippen LogP contribution in [0.2, 0.25) is 0 Å². The van der Waals surface area contributed by atoms with Crippen molar-refractivity contribution in [2.45, 2.75) is 12.7 Å². The molecule has 0 fully saturated rings. The van der Waals surface area contributed by atoms with Gasteiger partial charge in [-0.3, -0.25) is 4.79 Å². The molecule has 8 heteroatoms. The molecule has 1 aromatic heterocycles. The Balaban J connectivity index is 2.73. The number of carbonyl (C=O) groups is 1. The molecule has 0 amide bonds. The fourth-order valence-corrected chi connectivity index (χ4v) is 1.62. The number of phenolic OH excluding ortho intramolecular Hbond substituents is 1. The van der Waals surface area contributed by atoms with E-state index in [1.54, 1.807) is 0 Å². The van der Waals surface area contributed by atoms with E-state index >= 15 is 0 Å². The first-order valence-corrected chi connectivity index (χ1v) is 4.77. The zero-order valence-electron chi connectivity index (χ0n) is 8.77. The molecule has 0 spiro atoms. The average molecular weight is 260 g/mol. The van der Waals surface area contributed by atoms with Gasteiger partial charge in [0, 0.05) is 6.07 Å². The first-order chi connectivity index (χ1) is 8.29. The minimum Gasteiger partial charge on any atom is -0.508 e. The van der Waals surface area contributed by atoms with E-state index in [2.05, 4.69) is 4.98 Å². The number of rotatable bonds is 2. The molecule has 0 radical (unpaired) electrons. The molecule has 96 valence electrons. The van der Waals surface area contributed by atoms with Gasteiger partial charge in [-0.1, -0.05) is 0 Å². The molecule has 1 heterocycles. The van der Waals surface area contributed by atoms with Crippen LogP contribution in [0.25, 0.3) is 11.0 Å². The van der Waals surface area contributed by atoms with Gasteiger partial charge in [0.05, 0.1) is 11.0 Å². The van der Waals surface area contributed by atoms with Gasteiger partial charge >= 0.3 is 12.1 Å². The van der Waals surface area contributed by atoms with Crippen LogP contribution in [-0.4, -0.2) is 25.7 Å². The maximum Gasteiger partial charge on any atom is 0.449 e. The summed E-state index contributed by atoms with van der Waals surface area (Å²) in [6.45, 7) is -0.880. The van der Waals surface area contributed by atoms with Crippen molar-refractivity contribution in [2.24, 2.45) is 0 Å². The van der Waals surface area contributed by atoms with Crippen molar-refractivity contribution in [3.05, 3.63) is 24.0 Å². The topological polar surface area (TPSA) is 75.3 Å². The third kappa shape index (κ3) is 2.08. The second-order valence-corrected chi connectivity index (χ2v) is 3.59. The van der Waals surface area contributed by atoms with Crippen LogP contribution in [0.4, 0.5) is 13.2 Å². The number of halogens is 3. The zero-order chi connectivity index (χ0) is 13.5. The number of aromatic nitrogens is 2. The van der Waals surface area contributed by atoms with Gasteiger partial charge in [0.15, 0.2) is 0 Å². The van der Waals surface area contributed by atoms with Crippen LogP contribution in [0, 0.1) is 0 Å². The van der Waals surface area contributed by atoms with E-state index in [-0.39, 0.29) is 16.8 Å². The Morgan fingerprint density at radius 3 is 2.61 bits per heavy atom. The second kappa shape index (κ2) is 3.90. The minimum absolute atomic E-state index is 0.0265. The van der Waals surface area contributed by atoms with Gasteiger partial charge in [-0.15, -0.1) is 0 Å². The van der Waals surface area contributed by atoms with Crippen molar-refractivity contribution in [2.75, 3.05) is 0 Å². The summed E-state index contributed by atoms with van der Waals surface area (Å²) in [4.78, 5) is 13.9. The number of hydrogen-bond acceptors (Lipinski definition) is 3. The summed E-state index contributed by atoms with van der Waals surface area (Å²) in [5.74, 6) is -2.99. The summed E-state index contributed by atoms with van der Waals surface area (Å²) in [5, 5.41) is 17.9. The molecular weight excluding hydrogens is 253 g/mol. The summed E-state index contributed by atoms with van der Waals surface area (Å²) in [7, 11) is 0. The largest absolute Gasteiger partial charge is 0.508 e. The number of fused-ring (bicyclic) bond motifs is 1. The number of alkyl halides is 3. The standard InChI is InChI=1S/C10H7F3N2O3/c11-10(12,13)9-14-6-2-1-5(16)3-7(6)15(9)4-8(17)18/h1-3,16H,4H2,(H,17,18). The van der Waals surface area contributed by atoms with Gasteiger partial charge in [0.25, 0.3) is 0 Å². The molecule has 2 aromatic rings. The smallest absolute Gasteiger partial charge is 0.449 e. The fraction of sp³-hybridized carbons (Fsp3) is 0.200. The van der Waals surface area contributed by atoms with E-state index < -0.39 is 24.5 Å². The van der Waals surface area contributed by atoms with Crippen LogP contribution >= 0.6 is 0 Å². The third-order valence-corrected chi connectivity index (χ3v) is 2.28. The summed E-state index contributed by atoms with van der Waals surface area (Å²) < 4.78 is 38.6. The molecule has 0 bridgehead atoms. The molecule has 5 nitrogen and oxygen atoms in total. The maximum absolute atomic E-state index is 12.7. The van der Waals surface area contributed by atoms with Crippen molar-refractivity contribution in [1.29, 1.82) is 0 Å². The summed E-state index contributed by atoms with van der Waals surface area (Å²) >= 11 is 0. The van der Waals surface area contributed by atoms with Crippen LogP contribution in [0.3, 0.4) is 0 Å². The summed E-state index contributed by atoms with van der Waals surface area (Å²) in [6.07, 6.45) is -4.76. The lowest BCUT2D eigenvalue weighted by Gasteiger charge is -2.08. The van der Waals surface area contributed by atoms with Crippen LogP contribution in [0.5, 0.6) is 5.75 Å². The summed E-state index contributed by atoms with van der Waals surface area (Å²) in [5.41, 5.74) is -0.105. The van der Waals surface area contributed by atoms with Crippen LogP contribution in [0.1, 0.15) is 5.82 Å². The molecule has 0 aliphatic heterocycles. The lowest BCUT2D eigenvalue weighted by molar-refractivity contribution is -0.148. The highest BCUT2D eigenvalue weighted by atomic mass is 19.4. The number of aromatic hydroxyl groups is 1. The van der Waals surface area contributed by atoms with Crippen molar-refractivity contribution in [3.63, 3.8) is 0 Å². The number of nitrogens with zero attached hydrogens (tertiary/aromatic N) is 2. The predicted octanol–water partition coefficient (Wildman–Crippen LogP) is 1.85. The lowest BCUT2D eigenvalue weighted by Crippen LogP contribution is -2.18. The van der Waals surface area contributed by atoms with Crippen molar-refractivity contribution >= 4 is 17.0 Å². The van der Waals surface area contributed by atoms with E-state index in [4.69, 9.17) is 5.11 Å². The Morgan fingerprint density at radius 2 is 2.06 bits per heavy atom. The SMILES string of the molecule is O=C(O)Cn1c(C(F)(F)F)nc2ccc(O)cc21. The molecule has 0 saturated carbocycles. The highest BCUT2D eigenvalue weighted by Gasteiger charge is 2.38. The van der Waals surface area contributed by atoms with Crippen LogP contribution in [0.15, 0.2) is 18.2 Å².